The van der Waals surface area contributed by atoms with Gasteiger partial charge in [0.15, 0.2) is 0 Å². The summed E-state index contributed by atoms with van der Waals surface area (Å²) in [6.45, 7) is 3.64. The SMILES string of the molecule is COCc1ccccc1CNC(=O)N1CCOCC1. The topological polar surface area (TPSA) is 50.8 Å². The predicted molar refractivity (Wildman–Crippen MR) is 71.8 cm³/mol. The fourth-order valence-corrected chi connectivity index (χ4v) is 2.08. The van der Waals surface area contributed by atoms with Crippen molar-refractivity contribution in [3.05, 3.63) is 35.4 Å². The summed E-state index contributed by atoms with van der Waals surface area (Å²) in [6.07, 6.45) is 0. The zero-order valence-corrected chi connectivity index (χ0v) is 11.2. The number of rotatable bonds is 4. The minimum Gasteiger partial charge on any atom is -0.380 e. The third kappa shape index (κ3) is 3.94. The highest BCUT2D eigenvalue weighted by atomic mass is 16.5. The van der Waals surface area contributed by atoms with E-state index < -0.39 is 0 Å². The van der Waals surface area contributed by atoms with Crippen LogP contribution in [0.4, 0.5) is 4.79 Å². The van der Waals surface area contributed by atoms with Crippen LogP contribution < -0.4 is 5.32 Å². The monoisotopic (exact) mass is 264 g/mol. The number of hydrogen-bond acceptors (Lipinski definition) is 3. The van der Waals surface area contributed by atoms with E-state index >= 15 is 0 Å². The quantitative estimate of drug-likeness (QED) is 0.893. The number of amides is 2. The molecule has 1 fully saturated rings. The van der Waals surface area contributed by atoms with E-state index in [0.29, 0.717) is 39.5 Å². The van der Waals surface area contributed by atoms with Crippen molar-refractivity contribution in [3.63, 3.8) is 0 Å². The van der Waals surface area contributed by atoms with E-state index in [-0.39, 0.29) is 6.03 Å². The number of carbonyl (C=O) groups is 1. The van der Waals surface area contributed by atoms with Crippen molar-refractivity contribution in [1.82, 2.24) is 10.2 Å². The number of carbonyl (C=O) groups excluding carboxylic acids is 1. The van der Waals surface area contributed by atoms with E-state index in [0.717, 1.165) is 11.1 Å². The molecule has 5 nitrogen and oxygen atoms in total. The molecular formula is C14H20N2O3. The van der Waals surface area contributed by atoms with Gasteiger partial charge in [0.25, 0.3) is 0 Å². The predicted octanol–water partition coefficient (Wildman–Crippen LogP) is 1.37. The van der Waals surface area contributed by atoms with E-state index in [4.69, 9.17) is 9.47 Å². The number of ether oxygens (including phenoxy) is 2. The van der Waals surface area contributed by atoms with Gasteiger partial charge in [0.2, 0.25) is 0 Å². The molecule has 1 aliphatic heterocycles. The van der Waals surface area contributed by atoms with Gasteiger partial charge in [-0.25, -0.2) is 4.79 Å². The summed E-state index contributed by atoms with van der Waals surface area (Å²) in [5.41, 5.74) is 2.19. The lowest BCUT2D eigenvalue weighted by molar-refractivity contribution is 0.0531. The average Bonchev–Trinajstić information content (AvgIpc) is 2.47. The fraction of sp³-hybridized carbons (Fsp3) is 0.500. The van der Waals surface area contributed by atoms with Crippen LogP contribution >= 0.6 is 0 Å². The molecule has 0 saturated carbocycles. The van der Waals surface area contributed by atoms with Crippen LogP contribution in [0.25, 0.3) is 0 Å². The lowest BCUT2D eigenvalue weighted by Gasteiger charge is -2.27. The van der Waals surface area contributed by atoms with Gasteiger partial charge in [0.05, 0.1) is 19.8 Å². The molecule has 2 amide bonds. The zero-order chi connectivity index (χ0) is 13.5. The first-order chi connectivity index (χ1) is 9.31. The minimum absolute atomic E-state index is 0.0319. The van der Waals surface area contributed by atoms with Crippen molar-refractivity contribution in [2.24, 2.45) is 0 Å². The third-order valence-electron chi connectivity index (χ3n) is 3.15. The second kappa shape index (κ2) is 7.11. The summed E-state index contributed by atoms with van der Waals surface area (Å²) >= 11 is 0. The molecule has 2 rings (SSSR count). The molecule has 0 spiro atoms. The maximum absolute atomic E-state index is 12.0. The highest BCUT2D eigenvalue weighted by Gasteiger charge is 2.16. The van der Waals surface area contributed by atoms with Gasteiger partial charge < -0.3 is 19.7 Å². The Balaban J connectivity index is 1.89. The molecular weight excluding hydrogens is 244 g/mol. The molecule has 0 unspecified atom stereocenters. The Bertz CT molecular complexity index is 417. The van der Waals surface area contributed by atoms with Crippen LogP contribution in [-0.4, -0.2) is 44.3 Å². The average molecular weight is 264 g/mol. The first-order valence-electron chi connectivity index (χ1n) is 6.47. The highest BCUT2D eigenvalue weighted by molar-refractivity contribution is 5.74. The van der Waals surface area contributed by atoms with E-state index in [2.05, 4.69) is 5.32 Å². The van der Waals surface area contributed by atoms with Gasteiger partial charge in [-0.2, -0.15) is 0 Å². The van der Waals surface area contributed by atoms with E-state index in [1.54, 1.807) is 12.0 Å². The summed E-state index contributed by atoms with van der Waals surface area (Å²) in [5.74, 6) is 0. The van der Waals surface area contributed by atoms with Gasteiger partial charge in [-0.3, -0.25) is 0 Å². The van der Waals surface area contributed by atoms with Crippen molar-refractivity contribution in [2.75, 3.05) is 33.4 Å². The maximum atomic E-state index is 12.0. The van der Waals surface area contributed by atoms with Gasteiger partial charge >= 0.3 is 6.03 Å². The lowest BCUT2D eigenvalue weighted by atomic mass is 10.1. The van der Waals surface area contributed by atoms with E-state index in [9.17, 15) is 4.79 Å². The van der Waals surface area contributed by atoms with E-state index in [1.807, 2.05) is 24.3 Å². The molecule has 0 atom stereocenters. The normalized spacial score (nSPS) is 15.3. The second-order valence-electron chi connectivity index (χ2n) is 4.46. The molecule has 1 aromatic carbocycles. The molecule has 1 aromatic rings. The van der Waals surface area contributed by atoms with Gasteiger partial charge in [-0.15, -0.1) is 0 Å². The Morgan fingerprint density at radius 2 is 2.00 bits per heavy atom. The number of morpholine rings is 1. The number of hydrogen-bond donors (Lipinski definition) is 1. The van der Waals surface area contributed by atoms with E-state index in [1.165, 1.54) is 0 Å². The summed E-state index contributed by atoms with van der Waals surface area (Å²) in [4.78, 5) is 13.7. The maximum Gasteiger partial charge on any atom is 0.317 e. The Morgan fingerprint density at radius 1 is 1.32 bits per heavy atom. The largest absolute Gasteiger partial charge is 0.380 e. The van der Waals surface area contributed by atoms with Gasteiger partial charge in [0, 0.05) is 26.7 Å². The van der Waals surface area contributed by atoms with Gasteiger partial charge in [-0.05, 0) is 11.1 Å². The Hall–Kier alpha value is -1.59. The number of methoxy groups -OCH3 is 1. The zero-order valence-electron chi connectivity index (χ0n) is 11.2. The van der Waals surface area contributed by atoms with Crippen LogP contribution in [0.2, 0.25) is 0 Å². The van der Waals surface area contributed by atoms with Crippen molar-refractivity contribution in [1.29, 1.82) is 0 Å². The molecule has 5 heteroatoms. The molecule has 1 N–H and O–H groups in total. The smallest absolute Gasteiger partial charge is 0.317 e. The molecule has 1 heterocycles. The number of nitrogens with zero attached hydrogens (tertiary/aromatic N) is 1. The summed E-state index contributed by atoms with van der Waals surface area (Å²) in [7, 11) is 1.67. The molecule has 0 bridgehead atoms. The van der Waals surface area contributed by atoms with Gasteiger partial charge in [-0.1, -0.05) is 24.3 Å². The molecule has 0 aliphatic carbocycles. The second-order valence-corrected chi connectivity index (χ2v) is 4.46. The number of benzene rings is 1. The van der Waals surface area contributed by atoms with Crippen LogP contribution in [0.5, 0.6) is 0 Å². The van der Waals surface area contributed by atoms with Gasteiger partial charge in [0.1, 0.15) is 0 Å². The molecule has 19 heavy (non-hydrogen) atoms. The lowest BCUT2D eigenvalue weighted by Crippen LogP contribution is -2.45. The molecule has 0 aromatic heterocycles. The van der Waals surface area contributed by atoms with Crippen molar-refractivity contribution in [2.45, 2.75) is 13.2 Å². The standard InChI is InChI=1S/C14H20N2O3/c1-18-11-13-5-3-2-4-12(13)10-15-14(17)16-6-8-19-9-7-16/h2-5H,6-11H2,1H3,(H,15,17). The van der Waals surface area contributed by atoms with Crippen LogP contribution in [0.3, 0.4) is 0 Å². The fourth-order valence-electron chi connectivity index (χ4n) is 2.08. The van der Waals surface area contributed by atoms with Crippen molar-refractivity contribution < 1.29 is 14.3 Å². The van der Waals surface area contributed by atoms with Crippen LogP contribution in [0.1, 0.15) is 11.1 Å². The van der Waals surface area contributed by atoms with Crippen LogP contribution in [-0.2, 0) is 22.6 Å². The molecule has 1 saturated heterocycles. The Morgan fingerprint density at radius 3 is 2.68 bits per heavy atom. The highest BCUT2D eigenvalue weighted by Crippen LogP contribution is 2.10. The third-order valence-corrected chi connectivity index (χ3v) is 3.15. The first-order valence-corrected chi connectivity index (χ1v) is 6.47. The summed E-state index contributed by atoms with van der Waals surface area (Å²) in [6, 6.07) is 7.93. The minimum atomic E-state index is -0.0319. The van der Waals surface area contributed by atoms with Crippen molar-refractivity contribution in [3.8, 4) is 0 Å². The number of nitrogens with one attached hydrogen (secondary N) is 1. The number of urea groups is 1. The molecule has 104 valence electrons. The Labute approximate surface area is 113 Å². The summed E-state index contributed by atoms with van der Waals surface area (Å²) in [5, 5.41) is 2.94. The Kier molecular flexibility index (Phi) is 5.18. The molecule has 1 aliphatic rings. The molecule has 0 radical (unpaired) electrons. The first kappa shape index (κ1) is 13.8. The van der Waals surface area contributed by atoms with Crippen LogP contribution in [0, 0.1) is 0 Å². The van der Waals surface area contributed by atoms with Crippen LogP contribution in [0.15, 0.2) is 24.3 Å². The summed E-state index contributed by atoms with van der Waals surface area (Å²) < 4.78 is 10.4. The van der Waals surface area contributed by atoms with Crippen molar-refractivity contribution >= 4 is 6.03 Å².